The van der Waals surface area contributed by atoms with Gasteiger partial charge in [-0.05, 0) is 43.7 Å². The maximum atomic E-state index is 13.2. The molecule has 3 rings (SSSR count). The Kier molecular flexibility index (Phi) is 9.46. The molecule has 198 valence electrons. The Balaban J connectivity index is 1.69. The predicted molar refractivity (Wildman–Crippen MR) is 135 cm³/mol. The van der Waals surface area contributed by atoms with E-state index in [1.165, 1.54) is 34.5 Å². The summed E-state index contributed by atoms with van der Waals surface area (Å²) in [4.78, 5) is 21.2. The fourth-order valence-electron chi connectivity index (χ4n) is 3.22. The molecular weight excluding hydrogens is 501 g/mol. The van der Waals surface area contributed by atoms with Crippen molar-refractivity contribution < 1.29 is 37.4 Å². The highest BCUT2D eigenvalue weighted by Gasteiger charge is 2.37. The standard InChI is InChI=1S/C25H30N3O8P/c1-16-7-9-18(10-8-16)24(37(30,33-5)34-6)28-23(29)17(2)35-19-11-13-20(14-12-19)36-25-26-21(31-3)15-22(27-25)32-4/h7-15,17,24H,1-6H3,(H,28,29). The lowest BCUT2D eigenvalue weighted by atomic mass is 10.1. The second-order valence-corrected chi connectivity index (χ2v) is 10.1. The van der Waals surface area contributed by atoms with Crippen molar-refractivity contribution in [1.82, 2.24) is 15.3 Å². The van der Waals surface area contributed by atoms with E-state index in [0.29, 0.717) is 17.1 Å². The summed E-state index contributed by atoms with van der Waals surface area (Å²) in [5.74, 6) is -0.100. The summed E-state index contributed by atoms with van der Waals surface area (Å²) in [5, 5.41) is 2.74. The molecule has 37 heavy (non-hydrogen) atoms. The van der Waals surface area contributed by atoms with Crippen molar-refractivity contribution in [3.8, 4) is 29.3 Å². The summed E-state index contributed by atoms with van der Waals surface area (Å²) in [6.45, 7) is 3.50. The SMILES string of the molecule is COc1cc(OC)nc(Oc2ccc(OC(C)C(=O)NC(c3ccc(C)cc3)P(=O)(OC)OC)cc2)n1. The molecule has 1 heterocycles. The summed E-state index contributed by atoms with van der Waals surface area (Å²) in [5.41, 5.74) is 1.59. The Labute approximate surface area is 215 Å². The highest BCUT2D eigenvalue weighted by Crippen LogP contribution is 2.58. The van der Waals surface area contributed by atoms with Crippen LogP contribution in [0.25, 0.3) is 0 Å². The molecule has 1 N–H and O–H groups in total. The Morgan fingerprint density at radius 1 is 0.865 bits per heavy atom. The van der Waals surface area contributed by atoms with Gasteiger partial charge in [-0.3, -0.25) is 9.36 Å². The molecule has 11 nitrogen and oxygen atoms in total. The molecule has 0 fully saturated rings. The van der Waals surface area contributed by atoms with Gasteiger partial charge in [-0.2, -0.15) is 9.97 Å². The molecule has 2 atom stereocenters. The number of nitrogens with one attached hydrogen (secondary N) is 1. The van der Waals surface area contributed by atoms with Gasteiger partial charge in [-0.1, -0.05) is 29.8 Å². The van der Waals surface area contributed by atoms with E-state index in [9.17, 15) is 9.36 Å². The van der Waals surface area contributed by atoms with Gasteiger partial charge in [0.1, 0.15) is 11.5 Å². The minimum absolute atomic E-state index is 0.0421. The molecule has 0 saturated carbocycles. The third kappa shape index (κ3) is 7.19. The molecule has 1 aromatic heterocycles. The highest BCUT2D eigenvalue weighted by atomic mass is 31.2. The Bertz CT molecular complexity index is 1210. The van der Waals surface area contributed by atoms with E-state index in [4.69, 9.17) is 28.0 Å². The highest BCUT2D eigenvalue weighted by molar-refractivity contribution is 7.54. The first-order valence-corrected chi connectivity index (χ1v) is 12.8. The third-order valence-corrected chi connectivity index (χ3v) is 7.37. The van der Waals surface area contributed by atoms with Gasteiger partial charge in [-0.15, -0.1) is 0 Å². The van der Waals surface area contributed by atoms with E-state index in [2.05, 4.69) is 15.3 Å². The lowest BCUT2D eigenvalue weighted by Gasteiger charge is -2.27. The topological polar surface area (TPSA) is 127 Å². The van der Waals surface area contributed by atoms with E-state index in [1.54, 1.807) is 43.3 Å². The molecule has 2 aromatic carbocycles. The van der Waals surface area contributed by atoms with E-state index in [1.807, 2.05) is 19.1 Å². The minimum Gasteiger partial charge on any atom is -0.481 e. The number of amides is 1. The predicted octanol–water partition coefficient (Wildman–Crippen LogP) is 4.66. The van der Waals surface area contributed by atoms with Gasteiger partial charge in [0.25, 0.3) is 5.91 Å². The first-order chi connectivity index (χ1) is 17.7. The number of carbonyl (C=O) groups excluding carboxylic acids is 1. The molecule has 0 radical (unpaired) electrons. The summed E-state index contributed by atoms with van der Waals surface area (Å²) >= 11 is 0. The van der Waals surface area contributed by atoms with Crippen LogP contribution in [0.4, 0.5) is 0 Å². The molecule has 0 bridgehead atoms. The van der Waals surface area contributed by atoms with Gasteiger partial charge in [0.15, 0.2) is 11.9 Å². The first-order valence-electron chi connectivity index (χ1n) is 11.2. The van der Waals surface area contributed by atoms with Crippen LogP contribution in [-0.4, -0.2) is 50.4 Å². The fraction of sp³-hybridized carbons (Fsp3) is 0.320. The van der Waals surface area contributed by atoms with Gasteiger partial charge in [0, 0.05) is 14.2 Å². The van der Waals surface area contributed by atoms with Crippen LogP contribution in [0.3, 0.4) is 0 Å². The van der Waals surface area contributed by atoms with E-state index in [-0.39, 0.29) is 17.8 Å². The molecule has 0 aliphatic carbocycles. The van der Waals surface area contributed by atoms with Crippen LogP contribution < -0.4 is 24.3 Å². The number of rotatable bonds is 12. The number of nitrogens with zero attached hydrogens (tertiary/aromatic N) is 2. The zero-order valence-electron chi connectivity index (χ0n) is 21.5. The second-order valence-electron chi connectivity index (χ2n) is 7.80. The van der Waals surface area contributed by atoms with Crippen molar-refractivity contribution in [3.63, 3.8) is 0 Å². The Morgan fingerprint density at radius 2 is 1.41 bits per heavy atom. The quantitative estimate of drug-likeness (QED) is 0.330. The van der Waals surface area contributed by atoms with Crippen molar-refractivity contribution in [2.45, 2.75) is 25.7 Å². The lowest BCUT2D eigenvalue weighted by Crippen LogP contribution is -2.39. The second kappa shape index (κ2) is 12.5. The molecule has 0 saturated heterocycles. The molecular formula is C25H30N3O8P. The van der Waals surface area contributed by atoms with Gasteiger partial charge in [0.2, 0.25) is 11.8 Å². The van der Waals surface area contributed by atoms with Crippen LogP contribution in [0.15, 0.2) is 54.6 Å². The van der Waals surface area contributed by atoms with Gasteiger partial charge >= 0.3 is 13.6 Å². The van der Waals surface area contributed by atoms with Crippen LogP contribution in [0, 0.1) is 6.92 Å². The molecule has 0 aliphatic heterocycles. The Morgan fingerprint density at radius 3 is 1.92 bits per heavy atom. The number of hydrogen-bond acceptors (Lipinski definition) is 10. The summed E-state index contributed by atoms with van der Waals surface area (Å²) in [6.07, 6.45) is -0.923. The zero-order chi connectivity index (χ0) is 27.0. The van der Waals surface area contributed by atoms with E-state index in [0.717, 1.165) is 5.56 Å². The number of ether oxygens (including phenoxy) is 4. The molecule has 1 amide bonds. The summed E-state index contributed by atoms with van der Waals surface area (Å²) in [6, 6.07) is 15.3. The third-order valence-electron chi connectivity index (χ3n) is 5.29. The minimum atomic E-state index is -3.69. The van der Waals surface area contributed by atoms with Crippen molar-refractivity contribution in [1.29, 1.82) is 0 Å². The largest absolute Gasteiger partial charge is 0.481 e. The van der Waals surface area contributed by atoms with Crippen molar-refractivity contribution in [3.05, 3.63) is 65.7 Å². The van der Waals surface area contributed by atoms with E-state index >= 15 is 0 Å². The van der Waals surface area contributed by atoms with Crippen molar-refractivity contribution >= 4 is 13.5 Å². The van der Waals surface area contributed by atoms with Crippen molar-refractivity contribution in [2.24, 2.45) is 0 Å². The Hall–Kier alpha value is -3.66. The average molecular weight is 532 g/mol. The van der Waals surface area contributed by atoms with Crippen LogP contribution in [0.5, 0.6) is 29.3 Å². The van der Waals surface area contributed by atoms with Crippen LogP contribution in [0.2, 0.25) is 0 Å². The number of carbonyl (C=O) groups is 1. The van der Waals surface area contributed by atoms with Gasteiger partial charge < -0.3 is 33.3 Å². The normalized spacial score (nSPS) is 12.8. The zero-order valence-corrected chi connectivity index (χ0v) is 22.4. The number of aryl methyl sites for hydroxylation is 1. The smallest absolute Gasteiger partial charge is 0.356 e. The van der Waals surface area contributed by atoms with E-state index < -0.39 is 25.4 Å². The van der Waals surface area contributed by atoms with Gasteiger partial charge in [0.05, 0.1) is 20.3 Å². The number of hydrogen-bond donors (Lipinski definition) is 1. The van der Waals surface area contributed by atoms with Crippen LogP contribution in [-0.2, 0) is 18.4 Å². The average Bonchev–Trinajstić information content (AvgIpc) is 2.92. The van der Waals surface area contributed by atoms with Crippen LogP contribution in [0.1, 0.15) is 23.8 Å². The number of methoxy groups -OCH3 is 2. The monoisotopic (exact) mass is 531 g/mol. The molecule has 0 spiro atoms. The molecule has 3 aromatic rings. The van der Waals surface area contributed by atoms with Crippen LogP contribution >= 0.6 is 7.60 Å². The summed E-state index contributed by atoms with van der Waals surface area (Å²) in [7, 11) is 1.80. The number of aromatic nitrogens is 2. The fourth-order valence-corrected chi connectivity index (χ4v) is 4.61. The maximum absolute atomic E-state index is 13.2. The maximum Gasteiger partial charge on any atom is 0.356 e. The molecule has 2 unspecified atom stereocenters. The van der Waals surface area contributed by atoms with Gasteiger partial charge in [-0.25, -0.2) is 0 Å². The first kappa shape index (κ1) is 27.9. The van der Waals surface area contributed by atoms with Crippen molar-refractivity contribution in [2.75, 3.05) is 28.4 Å². The number of benzene rings is 2. The lowest BCUT2D eigenvalue weighted by molar-refractivity contribution is -0.127. The molecule has 12 heteroatoms. The molecule has 0 aliphatic rings. The summed E-state index contributed by atoms with van der Waals surface area (Å²) < 4.78 is 45.2.